The van der Waals surface area contributed by atoms with Gasteiger partial charge in [-0.25, -0.2) is 0 Å². The molecule has 52 valence electrons. The highest BCUT2D eigenvalue weighted by atomic mass is 14.3. The highest BCUT2D eigenvalue weighted by Gasteiger charge is 2.21. The van der Waals surface area contributed by atoms with Crippen molar-refractivity contribution in [2.45, 2.75) is 19.3 Å². The molecule has 0 bridgehead atoms. The molecular formula is C10H12. The molecule has 2 aliphatic carbocycles. The predicted octanol–water partition coefficient (Wildman–Crippen LogP) is 2.61. The van der Waals surface area contributed by atoms with Gasteiger partial charge in [0.05, 0.1) is 0 Å². The SMILES string of the molecule is [C]1CC=CC2CC=CCC12. The van der Waals surface area contributed by atoms with E-state index in [1.54, 1.807) is 0 Å². The Labute approximate surface area is 62.6 Å². The van der Waals surface area contributed by atoms with Gasteiger partial charge in [-0.05, 0) is 37.5 Å². The molecule has 2 atom stereocenters. The Morgan fingerprint density at radius 1 is 1.10 bits per heavy atom. The second-order valence-corrected chi connectivity index (χ2v) is 3.05. The quantitative estimate of drug-likeness (QED) is 0.444. The van der Waals surface area contributed by atoms with Crippen molar-refractivity contribution in [1.29, 1.82) is 0 Å². The molecule has 0 N–H and O–H groups in total. The fourth-order valence-corrected chi connectivity index (χ4v) is 1.74. The first-order valence-corrected chi connectivity index (χ1v) is 4.02. The summed E-state index contributed by atoms with van der Waals surface area (Å²) in [6.07, 6.45) is 16.2. The van der Waals surface area contributed by atoms with Crippen molar-refractivity contribution in [1.82, 2.24) is 0 Å². The largest absolute Gasteiger partial charge is 0.0882 e. The smallest absolute Gasteiger partial charge is 0.00897 e. The topological polar surface area (TPSA) is 0 Å². The average Bonchev–Trinajstić information content (AvgIpc) is 2.05. The first-order valence-electron chi connectivity index (χ1n) is 4.02. The van der Waals surface area contributed by atoms with Gasteiger partial charge in [-0.1, -0.05) is 24.3 Å². The molecule has 2 radical (unpaired) electrons. The van der Waals surface area contributed by atoms with Gasteiger partial charge in [-0.2, -0.15) is 0 Å². The Kier molecular flexibility index (Phi) is 1.62. The predicted molar refractivity (Wildman–Crippen MR) is 42.4 cm³/mol. The van der Waals surface area contributed by atoms with Crippen LogP contribution < -0.4 is 0 Å². The van der Waals surface area contributed by atoms with Gasteiger partial charge in [0.15, 0.2) is 0 Å². The molecular weight excluding hydrogens is 120 g/mol. The van der Waals surface area contributed by atoms with E-state index in [9.17, 15) is 0 Å². The van der Waals surface area contributed by atoms with E-state index in [1.165, 1.54) is 12.8 Å². The molecule has 0 spiro atoms. The third-order valence-electron chi connectivity index (χ3n) is 2.36. The van der Waals surface area contributed by atoms with E-state index >= 15 is 0 Å². The molecule has 0 heterocycles. The maximum atomic E-state index is 3.48. The summed E-state index contributed by atoms with van der Waals surface area (Å²) in [4.78, 5) is 0. The van der Waals surface area contributed by atoms with Crippen LogP contribution in [0.15, 0.2) is 24.3 Å². The van der Waals surface area contributed by atoms with Crippen LogP contribution in [0.25, 0.3) is 0 Å². The van der Waals surface area contributed by atoms with E-state index < -0.39 is 0 Å². The fourth-order valence-electron chi connectivity index (χ4n) is 1.74. The van der Waals surface area contributed by atoms with Crippen molar-refractivity contribution >= 4 is 0 Å². The van der Waals surface area contributed by atoms with Crippen LogP contribution in [0.3, 0.4) is 0 Å². The average molecular weight is 132 g/mol. The zero-order valence-corrected chi connectivity index (χ0v) is 6.09. The molecule has 0 nitrogen and oxygen atoms in total. The van der Waals surface area contributed by atoms with Gasteiger partial charge in [-0.3, -0.25) is 0 Å². The maximum absolute atomic E-state index is 3.48. The van der Waals surface area contributed by atoms with Crippen molar-refractivity contribution in [3.8, 4) is 0 Å². The lowest BCUT2D eigenvalue weighted by molar-refractivity contribution is 0.419. The van der Waals surface area contributed by atoms with Gasteiger partial charge in [0.1, 0.15) is 0 Å². The van der Waals surface area contributed by atoms with Crippen molar-refractivity contribution < 1.29 is 0 Å². The van der Waals surface area contributed by atoms with Crippen molar-refractivity contribution in [3.63, 3.8) is 0 Å². The number of hydrogen-bond acceptors (Lipinski definition) is 0. The molecule has 0 fully saturated rings. The zero-order chi connectivity index (χ0) is 6.81. The van der Waals surface area contributed by atoms with E-state index in [2.05, 4.69) is 30.7 Å². The molecule has 0 amide bonds. The fraction of sp³-hybridized carbons (Fsp3) is 0.500. The van der Waals surface area contributed by atoms with Crippen LogP contribution in [0.1, 0.15) is 19.3 Å². The monoisotopic (exact) mass is 132 g/mol. The third kappa shape index (κ3) is 1.03. The summed E-state index contributed by atoms with van der Waals surface area (Å²) >= 11 is 0. The summed E-state index contributed by atoms with van der Waals surface area (Å²) in [5.74, 6) is 1.51. The Morgan fingerprint density at radius 3 is 2.90 bits per heavy atom. The van der Waals surface area contributed by atoms with Gasteiger partial charge in [0.25, 0.3) is 0 Å². The summed E-state index contributed by atoms with van der Waals surface area (Å²) < 4.78 is 0. The van der Waals surface area contributed by atoms with E-state index in [1.807, 2.05) is 0 Å². The molecule has 2 aliphatic rings. The number of hydrogen-bond donors (Lipinski definition) is 0. The maximum Gasteiger partial charge on any atom is -0.00897 e. The first kappa shape index (κ1) is 6.21. The highest BCUT2D eigenvalue weighted by Crippen LogP contribution is 2.32. The number of rotatable bonds is 0. The van der Waals surface area contributed by atoms with Crippen LogP contribution in [0.2, 0.25) is 0 Å². The Bertz CT molecular complexity index is 165. The van der Waals surface area contributed by atoms with E-state index in [-0.39, 0.29) is 0 Å². The van der Waals surface area contributed by atoms with Crippen LogP contribution in [-0.4, -0.2) is 0 Å². The minimum atomic E-state index is 0.731. The summed E-state index contributed by atoms with van der Waals surface area (Å²) in [5.41, 5.74) is 0. The molecule has 0 saturated heterocycles. The lowest BCUT2D eigenvalue weighted by Gasteiger charge is -2.27. The zero-order valence-electron chi connectivity index (χ0n) is 6.09. The van der Waals surface area contributed by atoms with Gasteiger partial charge in [-0.15, -0.1) is 0 Å². The van der Waals surface area contributed by atoms with E-state index in [0.29, 0.717) is 0 Å². The molecule has 2 unspecified atom stereocenters. The molecule has 0 aromatic carbocycles. The summed E-state index contributed by atoms with van der Waals surface area (Å²) in [6.45, 7) is 0. The molecule has 0 aromatic heterocycles. The molecule has 0 aromatic rings. The Hall–Kier alpha value is -0.520. The van der Waals surface area contributed by atoms with Gasteiger partial charge in [0, 0.05) is 0 Å². The molecule has 0 saturated carbocycles. The van der Waals surface area contributed by atoms with E-state index in [0.717, 1.165) is 18.3 Å². The van der Waals surface area contributed by atoms with Crippen LogP contribution in [0, 0.1) is 18.3 Å². The van der Waals surface area contributed by atoms with Crippen LogP contribution >= 0.6 is 0 Å². The Morgan fingerprint density at radius 2 is 2.00 bits per heavy atom. The van der Waals surface area contributed by atoms with Gasteiger partial charge >= 0.3 is 0 Å². The second-order valence-electron chi connectivity index (χ2n) is 3.05. The van der Waals surface area contributed by atoms with Crippen LogP contribution in [-0.2, 0) is 0 Å². The van der Waals surface area contributed by atoms with E-state index in [4.69, 9.17) is 0 Å². The molecule has 2 rings (SSSR count). The Balaban J connectivity index is 2.12. The number of allylic oxidation sites excluding steroid dienone is 4. The number of fused-ring (bicyclic) bond motifs is 1. The lowest BCUT2D eigenvalue weighted by Crippen LogP contribution is -2.17. The first-order chi connectivity index (χ1) is 4.97. The lowest BCUT2D eigenvalue weighted by atomic mass is 9.77. The van der Waals surface area contributed by atoms with Crippen LogP contribution in [0.5, 0.6) is 0 Å². The van der Waals surface area contributed by atoms with Crippen LogP contribution in [0.4, 0.5) is 0 Å². The third-order valence-corrected chi connectivity index (χ3v) is 2.36. The summed E-state index contributed by atoms with van der Waals surface area (Å²) in [7, 11) is 0. The minimum absolute atomic E-state index is 0.731. The molecule has 10 heavy (non-hydrogen) atoms. The highest BCUT2D eigenvalue weighted by molar-refractivity contribution is 5.10. The van der Waals surface area contributed by atoms with Crippen molar-refractivity contribution in [2.75, 3.05) is 0 Å². The summed E-state index contributed by atoms with van der Waals surface area (Å²) in [5, 5.41) is 0. The molecule has 0 aliphatic heterocycles. The van der Waals surface area contributed by atoms with Crippen molar-refractivity contribution in [2.24, 2.45) is 11.8 Å². The minimum Gasteiger partial charge on any atom is -0.0882 e. The van der Waals surface area contributed by atoms with Gasteiger partial charge in [0.2, 0.25) is 0 Å². The second kappa shape index (κ2) is 2.61. The standard InChI is InChI=1S/C10H12/c1-2-6-10-8-4-3-7-9(10)5-1/h1-3,7,9-10H,4-6H2. The van der Waals surface area contributed by atoms with Gasteiger partial charge < -0.3 is 0 Å². The van der Waals surface area contributed by atoms with Crippen molar-refractivity contribution in [3.05, 3.63) is 30.7 Å². The summed E-state index contributed by atoms with van der Waals surface area (Å²) in [6, 6.07) is 0. The molecule has 0 heteroatoms. The normalized spacial score (nSPS) is 37.6.